The Balaban J connectivity index is 0.000000270. The molecule has 4 radical (unpaired) electrons. The summed E-state index contributed by atoms with van der Waals surface area (Å²) in [5.74, 6) is 2.61. The van der Waals surface area contributed by atoms with E-state index in [9.17, 15) is 19.2 Å². The molecule has 0 amide bonds. The van der Waals surface area contributed by atoms with Gasteiger partial charge in [-0.05, 0) is 0 Å². The number of hydrogen-bond donors (Lipinski definition) is 0. The molecule has 4 saturated carbocycles. The molecule has 0 aromatic heterocycles. The van der Waals surface area contributed by atoms with Gasteiger partial charge in [-0.2, -0.15) is 0 Å². The molecular formula is C40H68O8Pb2. The first-order valence-electron chi connectivity index (χ1n) is 20.8. The SMILES string of the molecule is O=C(CCCC1CCCCC1)[O][Pb][O]C(=O)CCCC1CCCCC1.O=C(CCCC1CCCCC1)[O][Pb][O]C(=O)CCCC1CCCCC1. The van der Waals surface area contributed by atoms with Crippen LogP contribution in [0, 0.1) is 23.7 Å². The van der Waals surface area contributed by atoms with Crippen molar-refractivity contribution in [3.63, 3.8) is 0 Å². The Hall–Kier alpha value is -0.276. The van der Waals surface area contributed by atoms with Crippen molar-refractivity contribution in [2.75, 3.05) is 0 Å². The first kappa shape index (κ1) is 44.1. The van der Waals surface area contributed by atoms with Crippen LogP contribution in [0.4, 0.5) is 0 Å². The van der Waals surface area contributed by atoms with Crippen LogP contribution < -0.4 is 0 Å². The van der Waals surface area contributed by atoms with Gasteiger partial charge in [0, 0.05) is 0 Å². The van der Waals surface area contributed by atoms with Crippen molar-refractivity contribution in [3.05, 3.63) is 0 Å². The van der Waals surface area contributed by atoms with Crippen molar-refractivity contribution in [2.45, 2.75) is 205 Å². The molecular weight excluding hydrogens is 1020 g/mol. The maximum atomic E-state index is 11.7. The van der Waals surface area contributed by atoms with Crippen LogP contribution in [0.3, 0.4) is 0 Å². The Kier molecular flexibility index (Phi) is 25.7. The third kappa shape index (κ3) is 22.7. The van der Waals surface area contributed by atoms with E-state index in [1.54, 1.807) is 0 Å². The molecule has 0 heterocycles. The molecule has 4 rings (SSSR count). The van der Waals surface area contributed by atoms with E-state index >= 15 is 0 Å². The summed E-state index contributed by atoms with van der Waals surface area (Å²) in [4.78, 5) is 46.9. The molecule has 284 valence electrons. The molecule has 0 atom stereocenters. The predicted octanol–water partition coefficient (Wildman–Crippen LogP) is 10.2. The fraction of sp³-hybridized carbons (Fsp3) is 0.900. The van der Waals surface area contributed by atoms with Gasteiger partial charge in [0.2, 0.25) is 0 Å². The van der Waals surface area contributed by atoms with Crippen molar-refractivity contribution >= 4 is 74.2 Å². The fourth-order valence-electron chi connectivity index (χ4n) is 8.48. The molecule has 0 aromatic rings. The molecule has 4 fully saturated rings. The molecule has 10 heteroatoms. The average Bonchev–Trinajstić information content (AvgIpc) is 3.14. The summed E-state index contributed by atoms with van der Waals surface area (Å²) >= 11 is -3.98. The second-order valence-corrected chi connectivity index (χ2v) is 20.1. The first-order chi connectivity index (χ1) is 24.5. The Labute approximate surface area is 330 Å². The van der Waals surface area contributed by atoms with E-state index in [-0.39, 0.29) is 23.9 Å². The molecule has 0 spiro atoms. The normalized spacial score (nSPS) is 19.5. The van der Waals surface area contributed by atoms with E-state index in [0.717, 1.165) is 75.0 Å². The Morgan fingerprint density at radius 3 is 0.740 bits per heavy atom. The Morgan fingerprint density at radius 1 is 0.340 bits per heavy atom. The van der Waals surface area contributed by atoms with E-state index < -0.39 is 50.3 Å². The summed E-state index contributed by atoms with van der Waals surface area (Å²) in [6.45, 7) is 0. The second kappa shape index (κ2) is 29.1. The van der Waals surface area contributed by atoms with E-state index in [1.165, 1.54) is 128 Å². The van der Waals surface area contributed by atoms with E-state index in [4.69, 9.17) is 10.7 Å². The van der Waals surface area contributed by atoms with Gasteiger partial charge in [-0.1, -0.05) is 0 Å². The number of carbonyl (C=O) groups excluding carboxylic acids is 4. The van der Waals surface area contributed by atoms with Gasteiger partial charge in [-0.15, -0.1) is 0 Å². The first-order valence-corrected chi connectivity index (χ1v) is 27.1. The minimum absolute atomic E-state index is 0.158. The second-order valence-electron chi connectivity index (χ2n) is 15.6. The predicted molar refractivity (Wildman–Crippen MR) is 198 cm³/mol. The van der Waals surface area contributed by atoms with Gasteiger partial charge in [0.05, 0.1) is 0 Å². The molecule has 0 aromatic carbocycles. The van der Waals surface area contributed by atoms with Crippen LogP contribution in [0.25, 0.3) is 0 Å². The van der Waals surface area contributed by atoms with E-state index in [0.29, 0.717) is 25.7 Å². The Morgan fingerprint density at radius 2 is 0.540 bits per heavy atom. The zero-order chi connectivity index (χ0) is 35.5. The van der Waals surface area contributed by atoms with E-state index in [2.05, 4.69) is 0 Å². The van der Waals surface area contributed by atoms with Crippen molar-refractivity contribution in [1.82, 2.24) is 0 Å². The quantitative estimate of drug-likeness (QED) is 0.111. The molecule has 8 nitrogen and oxygen atoms in total. The fourth-order valence-corrected chi connectivity index (χ4v) is 11.8. The molecule has 0 N–H and O–H groups in total. The number of carbonyl (C=O) groups is 4. The number of hydrogen-bond acceptors (Lipinski definition) is 8. The van der Waals surface area contributed by atoms with Crippen molar-refractivity contribution < 1.29 is 29.9 Å². The van der Waals surface area contributed by atoms with Crippen LogP contribution >= 0.6 is 0 Å². The topological polar surface area (TPSA) is 105 Å². The number of rotatable bonds is 20. The maximum absolute atomic E-state index is 11.7. The average molecular weight is 1090 g/mol. The summed E-state index contributed by atoms with van der Waals surface area (Å²) in [7, 11) is 0. The van der Waals surface area contributed by atoms with Crippen molar-refractivity contribution in [2.24, 2.45) is 23.7 Å². The molecule has 0 saturated heterocycles. The summed E-state index contributed by atoms with van der Waals surface area (Å²) in [5, 5.41) is 0. The standard InChI is InChI=1S/4C10H18O2.2Pb/c4*11-10(12)8-4-7-9-5-2-1-3-6-9;;/h4*9H,1-8H2,(H,11,12);;/q;;;;2*+2/p-4. The third-order valence-corrected chi connectivity index (χ3v) is 16.3. The Bertz CT molecular complexity index is 776. The van der Waals surface area contributed by atoms with Gasteiger partial charge in [0.15, 0.2) is 0 Å². The van der Waals surface area contributed by atoms with Gasteiger partial charge < -0.3 is 0 Å². The zero-order valence-electron chi connectivity index (χ0n) is 31.2. The third-order valence-electron chi connectivity index (χ3n) is 11.5. The summed E-state index contributed by atoms with van der Waals surface area (Å²) in [6, 6.07) is 0. The van der Waals surface area contributed by atoms with Crippen LogP contribution in [0.5, 0.6) is 0 Å². The monoisotopic (exact) mass is 1090 g/mol. The van der Waals surface area contributed by atoms with Gasteiger partial charge in [0.1, 0.15) is 0 Å². The van der Waals surface area contributed by atoms with Crippen molar-refractivity contribution in [3.8, 4) is 0 Å². The molecule has 0 unspecified atom stereocenters. The van der Waals surface area contributed by atoms with Gasteiger partial charge >= 0.3 is 333 Å². The minimum atomic E-state index is -1.99. The summed E-state index contributed by atoms with van der Waals surface area (Å²) in [5.41, 5.74) is 0. The molecule has 4 aliphatic rings. The molecule has 0 bridgehead atoms. The molecule has 4 aliphatic carbocycles. The van der Waals surface area contributed by atoms with Crippen LogP contribution in [0.2, 0.25) is 0 Å². The molecule has 0 aliphatic heterocycles. The van der Waals surface area contributed by atoms with E-state index in [1.807, 2.05) is 0 Å². The van der Waals surface area contributed by atoms with Crippen LogP contribution in [0.1, 0.15) is 205 Å². The van der Waals surface area contributed by atoms with Gasteiger partial charge in [-0.3, -0.25) is 0 Å². The van der Waals surface area contributed by atoms with Crippen molar-refractivity contribution in [1.29, 1.82) is 0 Å². The molecule has 50 heavy (non-hydrogen) atoms. The summed E-state index contributed by atoms with van der Waals surface area (Å²) < 4.78 is 20.8. The zero-order valence-corrected chi connectivity index (χ0v) is 39.0. The van der Waals surface area contributed by atoms with Gasteiger partial charge in [0.25, 0.3) is 0 Å². The van der Waals surface area contributed by atoms with Crippen LogP contribution in [-0.4, -0.2) is 74.2 Å². The van der Waals surface area contributed by atoms with Crippen LogP contribution in [-0.2, 0) is 29.9 Å². The summed E-state index contributed by atoms with van der Waals surface area (Å²) in [6.07, 6.45) is 37.1. The van der Waals surface area contributed by atoms with Crippen LogP contribution in [0.15, 0.2) is 0 Å². The van der Waals surface area contributed by atoms with Gasteiger partial charge in [-0.25, -0.2) is 0 Å².